The van der Waals surface area contributed by atoms with Crippen LogP contribution in [0.4, 0.5) is 0 Å². The molecule has 1 saturated heterocycles. The van der Waals surface area contributed by atoms with E-state index in [1.165, 1.54) is 0 Å². The molecule has 2 N–H and O–H groups in total. The van der Waals surface area contributed by atoms with Crippen molar-refractivity contribution in [3.8, 4) is 0 Å². The first kappa shape index (κ1) is 9.93. The maximum atomic E-state index is 11.3. The molecule has 0 amide bonds. The molecule has 0 radical (unpaired) electrons. The smallest absolute Gasteiger partial charge is 0.324 e. The standard InChI is InChI=1S/C10H18N2O2/c1-10(9(13)14,8-2-3-8)12-6-4-11-5-7-12/h8,11H,2-7H2,1H3,(H,13,14). The van der Waals surface area contributed by atoms with Crippen molar-refractivity contribution in [1.29, 1.82) is 0 Å². The third kappa shape index (κ3) is 1.53. The van der Waals surface area contributed by atoms with Gasteiger partial charge in [0, 0.05) is 26.2 Å². The van der Waals surface area contributed by atoms with Gasteiger partial charge in [-0.2, -0.15) is 0 Å². The van der Waals surface area contributed by atoms with Gasteiger partial charge in [0.15, 0.2) is 0 Å². The van der Waals surface area contributed by atoms with Crippen LogP contribution >= 0.6 is 0 Å². The van der Waals surface area contributed by atoms with Crippen molar-refractivity contribution in [2.75, 3.05) is 26.2 Å². The van der Waals surface area contributed by atoms with Crippen molar-refractivity contribution >= 4 is 5.97 Å². The Kier molecular flexibility index (Phi) is 2.49. The Morgan fingerprint density at radius 2 is 2.00 bits per heavy atom. The van der Waals surface area contributed by atoms with Crippen LogP contribution in [0, 0.1) is 5.92 Å². The van der Waals surface area contributed by atoms with Gasteiger partial charge in [0.2, 0.25) is 0 Å². The average Bonchev–Trinajstić information content (AvgIpc) is 3.01. The van der Waals surface area contributed by atoms with Crippen molar-refractivity contribution in [3.05, 3.63) is 0 Å². The van der Waals surface area contributed by atoms with Crippen LogP contribution in [0.5, 0.6) is 0 Å². The molecule has 2 aliphatic rings. The topological polar surface area (TPSA) is 52.6 Å². The Morgan fingerprint density at radius 3 is 2.43 bits per heavy atom. The van der Waals surface area contributed by atoms with E-state index in [0.717, 1.165) is 39.0 Å². The highest BCUT2D eigenvalue weighted by Crippen LogP contribution is 2.43. The Balaban J connectivity index is 2.12. The second-order valence-electron chi connectivity index (χ2n) is 4.46. The maximum absolute atomic E-state index is 11.3. The lowest BCUT2D eigenvalue weighted by atomic mass is 9.93. The molecule has 4 heteroatoms. The summed E-state index contributed by atoms with van der Waals surface area (Å²) in [7, 11) is 0. The van der Waals surface area contributed by atoms with E-state index in [2.05, 4.69) is 10.2 Å². The van der Waals surface area contributed by atoms with Crippen molar-refractivity contribution in [3.63, 3.8) is 0 Å². The summed E-state index contributed by atoms with van der Waals surface area (Å²) in [6.45, 7) is 5.43. The van der Waals surface area contributed by atoms with Crippen LogP contribution in [0.25, 0.3) is 0 Å². The van der Waals surface area contributed by atoms with Crippen molar-refractivity contribution < 1.29 is 9.90 Å². The van der Waals surface area contributed by atoms with Gasteiger partial charge in [-0.25, -0.2) is 0 Å². The minimum atomic E-state index is -0.651. The normalized spacial score (nSPS) is 28.4. The van der Waals surface area contributed by atoms with Crippen LogP contribution in [0.2, 0.25) is 0 Å². The number of carbonyl (C=O) groups is 1. The zero-order valence-electron chi connectivity index (χ0n) is 8.62. The van der Waals surface area contributed by atoms with Gasteiger partial charge in [0.25, 0.3) is 0 Å². The molecule has 80 valence electrons. The van der Waals surface area contributed by atoms with Crippen LogP contribution in [0.15, 0.2) is 0 Å². The van der Waals surface area contributed by atoms with Crippen LogP contribution in [-0.4, -0.2) is 47.7 Å². The van der Waals surface area contributed by atoms with E-state index < -0.39 is 11.5 Å². The molecule has 14 heavy (non-hydrogen) atoms. The fourth-order valence-electron chi connectivity index (χ4n) is 2.34. The van der Waals surface area contributed by atoms with Gasteiger partial charge in [0.05, 0.1) is 0 Å². The summed E-state index contributed by atoms with van der Waals surface area (Å²) in [5, 5.41) is 12.6. The molecule has 1 atom stereocenters. The van der Waals surface area contributed by atoms with Crippen LogP contribution in [0.3, 0.4) is 0 Å². The molecule has 2 fully saturated rings. The van der Waals surface area contributed by atoms with E-state index in [1.807, 2.05) is 6.92 Å². The molecule has 1 aliphatic heterocycles. The molecule has 1 heterocycles. The highest BCUT2D eigenvalue weighted by Gasteiger charge is 2.51. The van der Waals surface area contributed by atoms with Crippen LogP contribution in [0.1, 0.15) is 19.8 Å². The molecule has 0 bridgehead atoms. The molecule has 1 aliphatic carbocycles. The predicted molar refractivity (Wildman–Crippen MR) is 53.2 cm³/mol. The Hall–Kier alpha value is -0.610. The summed E-state index contributed by atoms with van der Waals surface area (Å²) in [5.74, 6) is -0.278. The van der Waals surface area contributed by atoms with E-state index in [1.54, 1.807) is 0 Å². The number of rotatable bonds is 3. The van der Waals surface area contributed by atoms with Crippen LogP contribution < -0.4 is 5.32 Å². The lowest BCUT2D eigenvalue weighted by molar-refractivity contribution is -0.152. The summed E-state index contributed by atoms with van der Waals surface area (Å²) in [6, 6.07) is 0. The third-order valence-corrected chi connectivity index (χ3v) is 3.58. The van der Waals surface area contributed by atoms with Gasteiger partial charge in [-0.3, -0.25) is 9.69 Å². The number of nitrogens with one attached hydrogen (secondary N) is 1. The van der Waals surface area contributed by atoms with Gasteiger partial charge in [-0.15, -0.1) is 0 Å². The maximum Gasteiger partial charge on any atom is 0.324 e. The molecular formula is C10H18N2O2. The van der Waals surface area contributed by atoms with Gasteiger partial charge in [-0.1, -0.05) is 0 Å². The highest BCUT2D eigenvalue weighted by molar-refractivity contribution is 5.79. The zero-order chi connectivity index (χ0) is 10.2. The van der Waals surface area contributed by atoms with E-state index in [4.69, 9.17) is 0 Å². The second kappa shape index (κ2) is 3.51. The largest absolute Gasteiger partial charge is 0.480 e. The van der Waals surface area contributed by atoms with E-state index in [-0.39, 0.29) is 0 Å². The minimum Gasteiger partial charge on any atom is -0.480 e. The quantitative estimate of drug-likeness (QED) is 0.677. The number of aliphatic carboxylic acids is 1. The first-order valence-corrected chi connectivity index (χ1v) is 5.35. The summed E-state index contributed by atoms with van der Waals surface area (Å²) in [5.41, 5.74) is -0.609. The molecule has 4 nitrogen and oxygen atoms in total. The minimum absolute atomic E-state index is 0.373. The second-order valence-corrected chi connectivity index (χ2v) is 4.46. The van der Waals surface area contributed by atoms with Gasteiger partial charge >= 0.3 is 5.97 Å². The third-order valence-electron chi connectivity index (χ3n) is 3.58. The number of carboxylic acids is 1. The molecule has 0 spiro atoms. The van der Waals surface area contributed by atoms with Gasteiger partial charge < -0.3 is 10.4 Å². The lowest BCUT2D eigenvalue weighted by Crippen LogP contribution is -2.59. The Labute approximate surface area is 84.3 Å². The lowest BCUT2D eigenvalue weighted by Gasteiger charge is -2.40. The fraction of sp³-hybridized carbons (Fsp3) is 0.900. The first-order chi connectivity index (χ1) is 6.65. The molecule has 0 aromatic heterocycles. The molecule has 2 rings (SSSR count). The molecule has 0 aromatic carbocycles. The van der Waals surface area contributed by atoms with Gasteiger partial charge in [0.1, 0.15) is 5.54 Å². The van der Waals surface area contributed by atoms with E-state index >= 15 is 0 Å². The highest BCUT2D eigenvalue weighted by atomic mass is 16.4. The Bertz CT molecular complexity index is 234. The van der Waals surface area contributed by atoms with Crippen molar-refractivity contribution in [2.24, 2.45) is 5.92 Å². The molecule has 1 unspecified atom stereocenters. The summed E-state index contributed by atoms with van der Waals surface area (Å²) in [6.07, 6.45) is 2.15. The SMILES string of the molecule is CC(C(=O)O)(C1CC1)N1CCNCC1. The average molecular weight is 198 g/mol. The molecular weight excluding hydrogens is 180 g/mol. The van der Waals surface area contributed by atoms with Crippen LogP contribution in [-0.2, 0) is 4.79 Å². The molecule has 1 saturated carbocycles. The number of hydrogen-bond acceptors (Lipinski definition) is 3. The van der Waals surface area contributed by atoms with E-state index in [9.17, 15) is 9.90 Å². The number of hydrogen-bond donors (Lipinski definition) is 2. The van der Waals surface area contributed by atoms with Gasteiger partial charge in [-0.05, 0) is 25.7 Å². The molecule has 0 aromatic rings. The monoisotopic (exact) mass is 198 g/mol. The summed E-state index contributed by atoms with van der Waals surface area (Å²) in [4.78, 5) is 13.5. The summed E-state index contributed by atoms with van der Waals surface area (Å²) >= 11 is 0. The van der Waals surface area contributed by atoms with Crippen molar-refractivity contribution in [1.82, 2.24) is 10.2 Å². The number of carboxylic acid groups (broad SMARTS) is 1. The number of piperazine rings is 1. The van der Waals surface area contributed by atoms with E-state index in [0.29, 0.717) is 5.92 Å². The fourth-order valence-corrected chi connectivity index (χ4v) is 2.34. The Morgan fingerprint density at radius 1 is 1.43 bits per heavy atom. The number of nitrogens with zero attached hydrogens (tertiary/aromatic N) is 1. The zero-order valence-corrected chi connectivity index (χ0v) is 8.62. The first-order valence-electron chi connectivity index (χ1n) is 5.35. The summed E-state index contributed by atoms with van der Waals surface area (Å²) < 4.78 is 0. The predicted octanol–water partition coefficient (Wildman–Crippen LogP) is 0.145. The van der Waals surface area contributed by atoms with Crippen molar-refractivity contribution in [2.45, 2.75) is 25.3 Å².